The van der Waals surface area contributed by atoms with Crippen LogP contribution in [0.1, 0.15) is 10.4 Å². The summed E-state index contributed by atoms with van der Waals surface area (Å²) >= 11 is 5.90. The molecule has 1 aliphatic heterocycles. The highest BCUT2D eigenvalue weighted by Crippen LogP contribution is 2.21. The second-order valence-corrected chi connectivity index (χ2v) is 7.24. The lowest BCUT2D eigenvalue weighted by Gasteiger charge is -2.14. The molecule has 0 aromatic heterocycles. The third-order valence-electron chi connectivity index (χ3n) is 3.01. The summed E-state index contributed by atoms with van der Waals surface area (Å²) in [4.78, 5) is 12.0. The molecule has 1 aromatic rings. The Bertz CT molecular complexity index is 634. The van der Waals surface area contributed by atoms with Crippen LogP contribution in [-0.4, -0.2) is 44.4 Å². The quantitative estimate of drug-likeness (QED) is 0.842. The Morgan fingerprint density at radius 1 is 1.45 bits per heavy atom. The second-order valence-electron chi connectivity index (χ2n) is 4.52. The van der Waals surface area contributed by atoms with Crippen molar-refractivity contribution in [2.45, 2.75) is 11.4 Å². The van der Waals surface area contributed by atoms with E-state index in [0.717, 1.165) is 6.07 Å². The molecule has 1 fully saturated rings. The molecule has 0 saturated carbocycles. The number of hydrogen-bond donors (Lipinski definition) is 1. The third kappa shape index (κ3) is 3.21. The predicted octanol–water partition coefficient (Wildman–Crippen LogP) is 0.969. The van der Waals surface area contributed by atoms with Crippen LogP contribution in [0.2, 0.25) is 0 Å². The van der Waals surface area contributed by atoms with Crippen LogP contribution in [0.25, 0.3) is 0 Å². The Balaban J connectivity index is 2.13. The van der Waals surface area contributed by atoms with Crippen molar-refractivity contribution < 1.29 is 22.3 Å². The van der Waals surface area contributed by atoms with Crippen molar-refractivity contribution in [1.29, 1.82) is 0 Å². The molecule has 1 aromatic carbocycles. The highest BCUT2D eigenvalue weighted by atomic mass is 35.5. The maximum atomic E-state index is 13.2. The number of methoxy groups -OCH3 is 1. The fourth-order valence-corrected chi connectivity index (χ4v) is 4.54. The second kappa shape index (κ2) is 5.57. The first-order valence-corrected chi connectivity index (χ1v) is 8.07. The van der Waals surface area contributed by atoms with E-state index < -0.39 is 33.0 Å². The molecule has 0 bridgehead atoms. The fraction of sp³-hybridized carbons (Fsp3) is 0.417. The molecule has 5 nitrogen and oxygen atoms in total. The number of halogens is 2. The van der Waals surface area contributed by atoms with E-state index in [-0.39, 0.29) is 22.8 Å². The van der Waals surface area contributed by atoms with E-state index >= 15 is 0 Å². The summed E-state index contributed by atoms with van der Waals surface area (Å²) in [6.45, 7) is 0. The largest absolute Gasteiger partial charge is 0.494 e. The molecule has 110 valence electrons. The molecule has 2 rings (SSSR count). The Morgan fingerprint density at radius 2 is 2.15 bits per heavy atom. The monoisotopic (exact) mass is 321 g/mol. The summed E-state index contributed by atoms with van der Waals surface area (Å²) in [6, 6.07) is 3.00. The molecule has 8 heteroatoms. The Labute approximate surface area is 121 Å². The number of benzene rings is 1. The van der Waals surface area contributed by atoms with Gasteiger partial charge in [-0.3, -0.25) is 4.79 Å². The van der Waals surface area contributed by atoms with Crippen LogP contribution in [0.5, 0.6) is 5.75 Å². The number of carbonyl (C=O) groups is 1. The molecule has 0 aliphatic carbocycles. The molecule has 20 heavy (non-hydrogen) atoms. The summed E-state index contributed by atoms with van der Waals surface area (Å²) < 4.78 is 40.8. The van der Waals surface area contributed by atoms with Crippen molar-refractivity contribution in [2.75, 3.05) is 18.6 Å². The number of ether oxygens (including phenoxy) is 1. The zero-order valence-corrected chi connectivity index (χ0v) is 12.2. The lowest BCUT2D eigenvalue weighted by atomic mass is 10.1. The molecule has 0 radical (unpaired) electrons. The van der Waals surface area contributed by atoms with E-state index in [1.54, 1.807) is 0 Å². The van der Waals surface area contributed by atoms with Crippen molar-refractivity contribution >= 4 is 27.3 Å². The van der Waals surface area contributed by atoms with Crippen molar-refractivity contribution in [1.82, 2.24) is 5.32 Å². The maximum Gasteiger partial charge on any atom is 0.251 e. The zero-order chi connectivity index (χ0) is 14.9. The Hall–Kier alpha value is -1.34. The summed E-state index contributed by atoms with van der Waals surface area (Å²) in [5.74, 6) is -1.50. The summed E-state index contributed by atoms with van der Waals surface area (Å²) in [7, 11) is -1.93. The van der Waals surface area contributed by atoms with Gasteiger partial charge in [0.25, 0.3) is 5.91 Å². The van der Waals surface area contributed by atoms with Gasteiger partial charge in [-0.2, -0.15) is 0 Å². The molecule has 1 heterocycles. The van der Waals surface area contributed by atoms with Gasteiger partial charge in [0.1, 0.15) is 0 Å². The van der Waals surface area contributed by atoms with Gasteiger partial charge in [-0.05, 0) is 18.2 Å². The van der Waals surface area contributed by atoms with Gasteiger partial charge in [-0.1, -0.05) is 0 Å². The number of alkyl halides is 1. The molecule has 1 N–H and O–H groups in total. The topological polar surface area (TPSA) is 72.5 Å². The van der Waals surface area contributed by atoms with Crippen LogP contribution in [-0.2, 0) is 9.84 Å². The molecule has 2 atom stereocenters. The van der Waals surface area contributed by atoms with E-state index in [9.17, 15) is 17.6 Å². The minimum Gasteiger partial charge on any atom is -0.494 e. The predicted molar refractivity (Wildman–Crippen MR) is 72.5 cm³/mol. The van der Waals surface area contributed by atoms with Gasteiger partial charge >= 0.3 is 0 Å². The molecule has 1 aliphatic rings. The summed E-state index contributed by atoms with van der Waals surface area (Å²) in [5, 5.41) is 1.88. The normalized spacial score (nSPS) is 24.4. The molecular formula is C12H13ClFNO4S. The van der Waals surface area contributed by atoms with Crippen LogP contribution in [0.4, 0.5) is 4.39 Å². The zero-order valence-electron chi connectivity index (χ0n) is 10.6. The van der Waals surface area contributed by atoms with Crippen molar-refractivity contribution in [3.05, 3.63) is 29.6 Å². The average Bonchev–Trinajstić information content (AvgIpc) is 2.62. The number of carbonyl (C=O) groups excluding carboxylic acids is 1. The maximum absolute atomic E-state index is 13.2. The van der Waals surface area contributed by atoms with Crippen LogP contribution >= 0.6 is 11.6 Å². The van der Waals surface area contributed by atoms with Crippen molar-refractivity contribution in [3.8, 4) is 5.75 Å². The van der Waals surface area contributed by atoms with Crippen molar-refractivity contribution in [3.63, 3.8) is 0 Å². The lowest BCUT2D eigenvalue weighted by Crippen LogP contribution is -2.40. The minimum absolute atomic E-state index is 0.0564. The molecule has 1 saturated heterocycles. The molecular weight excluding hydrogens is 309 g/mol. The summed E-state index contributed by atoms with van der Waals surface area (Å²) in [5.41, 5.74) is 0.177. The molecule has 0 spiro atoms. The first kappa shape index (κ1) is 15.1. The number of amides is 1. The minimum atomic E-state index is -3.22. The number of hydrogen-bond acceptors (Lipinski definition) is 4. The van der Waals surface area contributed by atoms with Crippen LogP contribution in [0.3, 0.4) is 0 Å². The SMILES string of the molecule is COc1cc(C(=O)NC2CS(=O)(=O)CC2Cl)ccc1F. The van der Waals surface area contributed by atoms with Gasteiger partial charge in [-0.15, -0.1) is 11.6 Å². The van der Waals surface area contributed by atoms with Gasteiger partial charge in [-0.25, -0.2) is 12.8 Å². The van der Waals surface area contributed by atoms with Crippen LogP contribution in [0, 0.1) is 5.82 Å². The highest BCUT2D eigenvalue weighted by Gasteiger charge is 2.37. The van der Waals surface area contributed by atoms with Gasteiger partial charge in [0.2, 0.25) is 0 Å². The first-order chi connectivity index (χ1) is 9.32. The smallest absolute Gasteiger partial charge is 0.251 e. The van der Waals surface area contributed by atoms with E-state index in [4.69, 9.17) is 16.3 Å². The number of sulfone groups is 1. The first-order valence-electron chi connectivity index (χ1n) is 5.81. The summed E-state index contributed by atoms with van der Waals surface area (Å²) in [6.07, 6.45) is 0. The Kier molecular flexibility index (Phi) is 4.19. The third-order valence-corrected chi connectivity index (χ3v) is 5.39. The van der Waals surface area contributed by atoms with Gasteiger partial charge in [0.05, 0.1) is 30.0 Å². The van der Waals surface area contributed by atoms with E-state index in [1.807, 2.05) is 0 Å². The molecule has 1 amide bonds. The van der Waals surface area contributed by atoms with Crippen molar-refractivity contribution in [2.24, 2.45) is 0 Å². The standard InChI is InChI=1S/C12H13ClFNO4S/c1-19-11-4-7(2-3-9(11)14)12(16)15-10-6-20(17,18)5-8(10)13/h2-4,8,10H,5-6H2,1H3,(H,15,16). The van der Waals surface area contributed by atoms with E-state index in [1.165, 1.54) is 19.2 Å². The van der Waals surface area contributed by atoms with E-state index in [0.29, 0.717) is 0 Å². The lowest BCUT2D eigenvalue weighted by molar-refractivity contribution is 0.0941. The van der Waals surface area contributed by atoms with Gasteiger partial charge < -0.3 is 10.1 Å². The number of nitrogens with one attached hydrogen (secondary N) is 1. The van der Waals surface area contributed by atoms with Crippen LogP contribution in [0.15, 0.2) is 18.2 Å². The molecule has 2 unspecified atom stereocenters. The van der Waals surface area contributed by atoms with Gasteiger partial charge in [0.15, 0.2) is 21.4 Å². The average molecular weight is 322 g/mol. The van der Waals surface area contributed by atoms with Gasteiger partial charge in [0, 0.05) is 5.56 Å². The fourth-order valence-electron chi connectivity index (χ4n) is 1.99. The van der Waals surface area contributed by atoms with E-state index in [2.05, 4.69) is 5.32 Å². The number of rotatable bonds is 3. The Morgan fingerprint density at radius 3 is 2.70 bits per heavy atom. The van der Waals surface area contributed by atoms with Crippen LogP contribution < -0.4 is 10.1 Å². The highest BCUT2D eigenvalue weighted by molar-refractivity contribution is 7.91.